The van der Waals surface area contributed by atoms with Gasteiger partial charge in [0.1, 0.15) is 5.78 Å². The van der Waals surface area contributed by atoms with Crippen LogP contribution in [0.2, 0.25) is 0 Å². The number of rotatable bonds is 2. The van der Waals surface area contributed by atoms with E-state index in [0.717, 1.165) is 25.7 Å². The molecule has 0 N–H and O–H groups in total. The van der Waals surface area contributed by atoms with Crippen molar-refractivity contribution in [3.8, 4) is 0 Å². The molecule has 70 valence electrons. The number of hydrogen-bond donors (Lipinski definition) is 0. The molecule has 1 fully saturated rings. The molecule has 3 heteroatoms. The van der Waals surface area contributed by atoms with Gasteiger partial charge in [-0.15, -0.1) is 11.3 Å². The number of ketones is 1. The van der Waals surface area contributed by atoms with Gasteiger partial charge in [0.25, 0.3) is 0 Å². The fourth-order valence-electron chi connectivity index (χ4n) is 1.81. The van der Waals surface area contributed by atoms with Crippen molar-refractivity contribution >= 4 is 33.0 Å². The number of halogens is 1. The van der Waals surface area contributed by atoms with E-state index in [1.165, 1.54) is 8.66 Å². The second-order valence-corrected chi connectivity index (χ2v) is 6.11. The van der Waals surface area contributed by atoms with Crippen molar-refractivity contribution in [3.05, 3.63) is 20.8 Å². The van der Waals surface area contributed by atoms with Gasteiger partial charge in [-0.25, -0.2) is 0 Å². The predicted molar refractivity (Wildman–Crippen MR) is 58.1 cm³/mol. The maximum Gasteiger partial charge on any atom is 0.133 e. The van der Waals surface area contributed by atoms with Gasteiger partial charge in [-0.3, -0.25) is 4.79 Å². The van der Waals surface area contributed by atoms with Gasteiger partial charge in [-0.1, -0.05) is 0 Å². The molecule has 1 aromatic heterocycles. The SMILES string of the molecule is O=C1CCC(Cc2ccc(Br)s2)C1. The minimum Gasteiger partial charge on any atom is -0.300 e. The Bertz CT molecular complexity index is 318. The molecule has 1 unspecified atom stereocenters. The topological polar surface area (TPSA) is 17.1 Å². The summed E-state index contributed by atoms with van der Waals surface area (Å²) >= 11 is 5.23. The molecule has 1 heterocycles. The van der Waals surface area contributed by atoms with Crippen LogP contribution in [0.3, 0.4) is 0 Å². The Kier molecular flexibility index (Phi) is 2.84. The van der Waals surface area contributed by atoms with Crippen LogP contribution < -0.4 is 0 Å². The third-order valence-corrected chi connectivity index (χ3v) is 4.11. The van der Waals surface area contributed by atoms with Crippen molar-refractivity contribution in [1.29, 1.82) is 0 Å². The second-order valence-electron chi connectivity index (χ2n) is 3.56. The first-order valence-corrected chi connectivity index (χ1v) is 6.11. The van der Waals surface area contributed by atoms with Crippen LogP contribution in [0.4, 0.5) is 0 Å². The smallest absolute Gasteiger partial charge is 0.133 e. The quantitative estimate of drug-likeness (QED) is 0.795. The number of thiophene rings is 1. The Balaban J connectivity index is 1.95. The lowest BCUT2D eigenvalue weighted by Gasteiger charge is -2.04. The maximum absolute atomic E-state index is 11.0. The first-order chi connectivity index (χ1) is 6.24. The summed E-state index contributed by atoms with van der Waals surface area (Å²) < 4.78 is 1.19. The number of carbonyl (C=O) groups excluding carboxylic acids is 1. The van der Waals surface area contributed by atoms with E-state index >= 15 is 0 Å². The minimum atomic E-state index is 0.445. The Hall–Kier alpha value is -0.150. The number of hydrogen-bond acceptors (Lipinski definition) is 2. The minimum absolute atomic E-state index is 0.445. The zero-order valence-electron chi connectivity index (χ0n) is 7.25. The van der Waals surface area contributed by atoms with Gasteiger partial charge in [-0.05, 0) is 46.8 Å². The zero-order valence-corrected chi connectivity index (χ0v) is 9.66. The van der Waals surface area contributed by atoms with Crippen molar-refractivity contribution in [3.63, 3.8) is 0 Å². The average Bonchev–Trinajstić information content (AvgIpc) is 2.62. The predicted octanol–water partition coefficient (Wildman–Crippen LogP) is 3.42. The highest BCUT2D eigenvalue weighted by Gasteiger charge is 2.22. The molecule has 0 spiro atoms. The summed E-state index contributed by atoms with van der Waals surface area (Å²) in [6, 6.07) is 4.23. The van der Waals surface area contributed by atoms with Gasteiger partial charge < -0.3 is 0 Å². The van der Waals surface area contributed by atoms with Crippen LogP contribution in [-0.2, 0) is 11.2 Å². The first kappa shape index (κ1) is 9.41. The lowest BCUT2D eigenvalue weighted by molar-refractivity contribution is -0.117. The first-order valence-electron chi connectivity index (χ1n) is 4.50. The van der Waals surface area contributed by atoms with E-state index in [4.69, 9.17) is 0 Å². The van der Waals surface area contributed by atoms with E-state index in [1.54, 1.807) is 11.3 Å². The van der Waals surface area contributed by atoms with Crippen molar-refractivity contribution in [2.24, 2.45) is 5.92 Å². The third kappa shape index (κ3) is 2.41. The Morgan fingerprint density at radius 1 is 1.54 bits per heavy atom. The van der Waals surface area contributed by atoms with Gasteiger partial charge in [0.2, 0.25) is 0 Å². The van der Waals surface area contributed by atoms with Crippen molar-refractivity contribution in [2.45, 2.75) is 25.7 Å². The molecular weight excluding hydrogens is 248 g/mol. The highest BCUT2D eigenvalue weighted by molar-refractivity contribution is 9.11. The molecule has 0 aliphatic heterocycles. The van der Waals surface area contributed by atoms with Gasteiger partial charge in [0, 0.05) is 17.7 Å². The second kappa shape index (κ2) is 3.93. The van der Waals surface area contributed by atoms with E-state index in [-0.39, 0.29) is 0 Å². The fourth-order valence-corrected chi connectivity index (χ4v) is 3.41. The van der Waals surface area contributed by atoms with E-state index in [9.17, 15) is 4.79 Å². The summed E-state index contributed by atoms with van der Waals surface area (Å²) in [6.45, 7) is 0. The average molecular weight is 259 g/mol. The summed E-state index contributed by atoms with van der Waals surface area (Å²) in [4.78, 5) is 12.4. The fraction of sp³-hybridized carbons (Fsp3) is 0.500. The third-order valence-electron chi connectivity index (χ3n) is 2.47. The number of carbonyl (C=O) groups is 1. The largest absolute Gasteiger partial charge is 0.300 e. The highest BCUT2D eigenvalue weighted by atomic mass is 79.9. The molecule has 0 amide bonds. The van der Waals surface area contributed by atoms with E-state index in [0.29, 0.717) is 11.7 Å². The van der Waals surface area contributed by atoms with Crippen molar-refractivity contribution in [2.75, 3.05) is 0 Å². The molecule has 0 radical (unpaired) electrons. The molecule has 1 nitrogen and oxygen atoms in total. The normalized spacial score (nSPS) is 22.5. The van der Waals surface area contributed by atoms with Crippen LogP contribution in [0, 0.1) is 5.92 Å². The van der Waals surface area contributed by atoms with Crippen molar-refractivity contribution in [1.82, 2.24) is 0 Å². The summed E-state index contributed by atoms with van der Waals surface area (Å²) in [7, 11) is 0. The molecule has 0 bridgehead atoms. The van der Waals surface area contributed by atoms with Crippen LogP contribution in [0.15, 0.2) is 15.9 Å². The molecule has 0 aromatic carbocycles. The number of Topliss-reactive ketones (excluding diaryl/α,β-unsaturated/α-hetero) is 1. The molecule has 1 saturated carbocycles. The van der Waals surface area contributed by atoms with Crippen molar-refractivity contribution < 1.29 is 4.79 Å². The molecule has 1 aromatic rings. The summed E-state index contributed by atoms with van der Waals surface area (Å²) in [6.07, 6.45) is 3.78. The molecule has 2 rings (SSSR count). The summed E-state index contributed by atoms with van der Waals surface area (Å²) in [5.74, 6) is 1.05. The zero-order chi connectivity index (χ0) is 9.26. The Morgan fingerprint density at radius 3 is 2.92 bits per heavy atom. The molecule has 1 aliphatic rings. The van der Waals surface area contributed by atoms with E-state index in [1.807, 2.05) is 0 Å². The monoisotopic (exact) mass is 258 g/mol. The van der Waals surface area contributed by atoms with Gasteiger partial charge in [0.05, 0.1) is 3.79 Å². The van der Waals surface area contributed by atoms with E-state index < -0.39 is 0 Å². The van der Waals surface area contributed by atoms with Crippen LogP contribution in [-0.4, -0.2) is 5.78 Å². The standard InChI is InChI=1S/C10H11BrOS/c11-10-4-3-9(13-10)6-7-1-2-8(12)5-7/h3-4,7H,1-2,5-6H2. The summed E-state index contributed by atoms with van der Waals surface area (Å²) in [5.41, 5.74) is 0. The van der Waals surface area contributed by atoms with E-state index in [2.05, 4.69) is 28.1 Å². The molecule has 1 atom stereocenters. The molecule has 1 aliphatic carbocycles. The van der Waals surface area contributed by atoms with Crippen LogP contribution in [0.25, 0.3) is 0 Å². The highest BCUT2D eigenvalue weighted by Crippen LogP contribution is 2.30. The van der Waals surface area contributed by atoms with Crippen LogP contribution >= 0.6 is 27.3 Å². The van der Waals surface area contributed by atoms with Crippen LogP contribution in [0.1, 0.15) is 24.1 Å². The molecule has 13 heavy (non-hydrogen) atoms. The molecule has 0 saturated heterocycles. The van der Waals surface area contributed by atoms with Gasteiger partial charge in [0.15, 0.2) is 0 Å². The summed E-state index contributed by atoms with van der Waals surface area (Å²) in [5, 5.41) is 0. The van der Waals surface area contributed by atoms with Gasteiger partial charge >= 0.3 is 0 Å². The lowest BCUT2D eigenvalue weighted by Crippen LogP contribution is -1.98. The van der Waals surface area contributed by atoms with Gasteiger partial charge in [-0.2, -0.15) is 0 Å². The lowest BCUT2D eigenvalue weighted by atomic mass is 10.0. The Labute approximate surface area is 90.3 Å². The molecular formula is C10H11BrOS. The Morgan fingerprint density at radius 2 is 2.38 bits per heavy atom. The van der Waals surface area contributed by atoms with Crippen LogP contribution in [0.5, 0.6) is 0 Å². The maximum atomic E-state index is 11.0.